The number of aryl methyl sites for hydroxylation is 1. The predicted molar refractivity (Wildman–Crippen MR) is 75.1 cm³/mol. The summed E-state index contributed by atoms with van der Waals surface area (Å²) in [5.41, 5.74) is 6.65. The highest BCUT2D eigenvalue weighted by atomic mass is 32.2. The Hall–Kier alpha value is -1.14. The molecule has 0 radical (unpaired) electrons. The second-order valence-electron chi connectivity index (χ2n) is 6.10. The van der Waals surface area contributed by atoms with Gasteiger partial charge in [-0.3, -0.25) is 0 Å². The standard InChI is InChI=1S/C14H19FN2O2S/c1-9-6-11(15)13(7-12(9)16)20(18,19)17-8-14(4-5-14)10-2-3-10/h6-7,10,17H,2-5,8,16H2,1H3. The highest BCUT2D eigenvalue weighted by Gasteiger charge is 2.53. The Kier molecular flexibility index (Phi) is 3.06. The van der Waals surface area contributed by atoms with Gasteiger partial charge < -0.3 is 5.73 Å². The van der Waals surface area contributed by atoms with Gasteiger partial charge in [0.1, 0.15) is 10.7 Å². The predicted octanol–water partition coefficient (Wildman–Crippen LogP) is 2.18. The van der Waals surface area contributed by atoms with E-state index in [0.717, 1.165) is 18.9 Å². The van der Waals surface area contributed by atoms with Crippen molar-refractivity contribution >= 4 is 15.7 Å². The van der Waals surface area contributed by atoms with Crippen LogP contribution < -0.4 is 10.5 Å². The summed E-state index contributed by atoms with van der Waals surface area (Å²) in [7, 11) is -3.83. The topological polar surface area (TPSA) is 72.2 Å². The Balaban J connectivity index is 1.79. The molecule has 2 fully saturated rings. The number of hydrogen-bond donors (Lipinski definition) is 2. The highest BCUT2D eigenvalue weighted by molar-refractivity contribution is 7.89. The number of rotatable bonds is 5. The van der Waals surface area contributed by atoms with Gasteiger partial charge in [0.2, 0.25) is 10.0 Å². The van der Waals surface area contributed by atoms with E-state index in [1.165, 1.54) is 18.9 Å². The zero-order chi connectivity index (χ0) is 14.5. The lowest BCUT2D eigenvalue weighted by Gasteiger charge is -2.16. The smallest absolute Gasteiger partial charge is 0.243 e. The van der Waals surface area contributed by atoms with Crippen LogP contribution in [0.4, 0.5) is 10.1 Å². The minimum Gasteiger partial charge on any atom is -0.398 e. The van der Waals surface area contributed by atoms with E-state index in [1.54, 1.807) is 6.92 Å². The lowest BCUT2D eigenvalue weighted by molar-refractivity contribution is 0.431. The first-order valence-electron chi connectivity index (χ1n) is 6.89. The summed E-state index contributed by atoms with van der Waals surface area (Å²) in [5.74, 6) is -0.0985. The van der Waals surface area contributed by atoms with E-state index in [9.17, 15) is 12.8 Å². The van der Waals surface area contributed by atoms with Gasteiger partial charge in [-0.15, -0.1) is 0 Å². The van der Waals surface area contributed by atoms with Crippen LogP contribution in [0, 0.1) is 24.1 Å². The van der Waals surface area contributed by atoms with Crippen LogP contribution in [-0.4, -0.2) is 15.0 Å². The van der Waals surface area contributed by atoms with Crippen LogP contribution in [-0.2, 0) is 10.0 Å². The van der Waals surface area contributed by atoms with Gasteiger partial charge in [-0.25, -0.2) is 17.5 Å². The molecular formula is C14H19FN2O2S. The van der Waals surface area contributed by atoms with E-state index in [4.69, 9.17) is 5.73 Å². The van der Waals surface area contributed by atoms with E-state index in [1.807, 2.05) is 0 Å². The molecule has 0 spiro atoms. The molecular weight excluding hydrogens is 279 g/mol. The molecule has 3 N–H and O–H groups in total. The van der Waals surface area contributed by atoms with Crippen molar-refractivity contribution in [2.45, 2.75) is 37.5 Å². The van der Waals surface area contributed by atoms with Gasteiger partial charge in [0, 0.05) is 12.2 Å². The van der Waals surface area contributed by atoms with Crippen molar-refractivity contribution in [2.24, 2.45) is 11.3 Å². The molecule has 3 rings (SSSR count). The lowest BCUT2D eigenvalue weighted by Crippen LogP contribution is -2.31. The quantitative estimate of drug-likeness (QED) is 0.818. The van der Waals surface area contributed by atoms with Crippen molar-refractivity contribution in [2.75, 3.05) is 12.3 Å². The molecule has 20 heavy (non-hydrogen) atoms. The first-order chi connectivity index (χ1) is 9.34. The summed E-state index contributed by atoms with van der Waals surface area (Å²) in [6, 6.07) is 2.36. The summed E-state index contributed by atoms with van der Waals surface area (Å²) in [4.78, 5) is -0.354. The summed E-state index contributed by atoms with van der Waals surface area (Å²) in [5, 5.41) is 0. The monoisotopic (exact) mass is 298 g/mol. The zero-order valence-corrected chi connectivity index (χ0v) is 12.3. The van der Waals surface area contributed by atoms with E-state index in [0.29, 0.717) is 18.0 Å². The van der Waals surface area contributed by atoms with Crippen LogP contribution in [0.5, 0.6) is 0 Å². The van der Waals surface area contributed by atoms with Crippen LogP contribution in [0.1, 0.15) is 31.2 Å². The average Bonchev–Trinajstić information content (AvgIpc) is 3.24. The lowest BCUT2D eigenvalue weighted by atomic mass is 10.0. The van der Waals surface area contributed by atoms with Gasteiger partial charge in [0.15, 0.2) is 0 Å². The van der Waals surface area contributed by atoms with Crippen molar-refractivity contribution in [3.05, 3.63) is 23.5 Å². The first kappa shape index (κ1) is 13.8. The van der Waals surface area contributed by atoms with E-state index in [2.05, 4.69) is 4.72 Å². The number of sulfonamides is 1. The summed E-state index contributed by atoms with van der Waals surface area (Å²) in [6.45, 7) is 2.06. The van der Waals surface area contributed by atoms with Crippen LogP contribution >= 0.6 is 0 Å². The number of nitrogen functional groups attached to an aromatic ring is 1. The van der Waals surface area contributed by atoms with Crippen molar-refractivity contribution < 1.29 is 12.8 Å². The molecule has 0 unspecified atom stereocenters. The molecule has 0 saturated heterocycles. The fraction of sp³-hybridized carbons (Fsp3) is 0.571. The maximum Gasteiger partial charge on any atom is 0.243 e. The van der Waals surface area contributed by atoms with E-state index >= 15 is 0 Å². The molecule has 2 aliphatic carbocycles. The summed E-state index contributed by atoms with van der Waals surface area (Å²) in [6.07, 6.45) is 4.51. The first-order valence-corrected chi connectivity index (χ1v) is 8.38. The minimum absolute atomic E-state index is 0.139. The van der Waals surface area contributed by atoms with Gasteiger partial charge >= 0.3 is 0 Å². The second-order valence-corrected chi connectivity index (χ2v) is 7.84. The van der Waals surface area contributed by atoms with E-state index < -0.39 is 15.8 Å². The van der Waals surface area contributed by atoms with Crippen molar-refractivity contribution in [3.63, 3.8) is 0 Å². The molecule has 2 aliphatic rings. The zero-order valence-electron chi connectivity index (χ0n) is 11.4. The number of halogens is 1. The Bertz CT molecular complexity index is 649. The Morgan fingerprint density at radius 3 is 2.60 bits per heavy atom. The van der Waals surface area contributed by atoms with Crippen LogP contribution in [0.3, 0.4) is 0 Å². The van der Waals surface area contributed by atoms with Gasteiger partial charge in [-0.2, -0.15) is 0 Å². The van der Waals surface area contributed by atoms with Gasteiger partial charge in [0.05, 0.1) is 0 Å². The Labute approximate surface area is 118 Å². The Morgan fingerprint density at radius 1 is 1.40 bits per heavy atom. The molecule has 0 amide bonds. The molecule has 0 atom stereocenters. The third kappa shape index (κ3) is 2.42. The van der Waals surface area contributed by atoms with Crippen LogP contribution in [0.15, 0.2) is 17.0 Å². The molecule has 2 saturated carbocycles. The number of hydrogen-bond acceptors (Lipinski definition) is 3. The van der Waals surface area contributed by atoms with E-state index in [-0.39, 0.29) is 16.0 Å². The highest BCUT2D eigenvalue weighted by Crippen LogP contribution is 2.60. The number of benzene rings is 1. The minimum atomic E-state index is -3.83. The van der Waals surface area contributed by atoms with Crippen LogP contribution in [0.2, 0.25) is 0 Å². The number of nitrogens with two attached hydrogens (primary N) is 1. The molecule has 0 aliphatic heterocycles. The normalized spacial score (nSPS) is 20.9. The maximum absolute atomic E-state index is 13.9. The fourth-order valence-electron chi connectivity index (χ4n) is 2.78. The molecule has 110 valence electrons. The third-order valence-electron chi connectivity index (χ3n) is 4.56. The number of nitrogens with one attached hydrogen (secondary N) is 1. The van der Waals surface area contributed by atoms with Gasteiger partial charge in [-0.1, -0.05) is 0 Å². The molecule has 0 bridgehead atoms. The van der Waals surface area contributed by atoms with Gasteiger partial charge in [-0.05, 0) is 61.6 Å². The average molecular weight is 298 g/mol. The van der Waals surface area contributed by atoms with Crippen molar-refractivity contribution in [1.82, 2.24) is 4.72 Å². The fourth-order valence-corrected chi connectivity index (χ4v) is 4.01. The Morgan fingerprint density at radius 2 is 2.05 bits per heavy atom. The molecule has 1 aromatic carbocycles. The largest absolute Gasteiger partial charge is 0.398 e. The van der Waals surface area contributed by atoms with Crippen molar-refractivity contribution in [1.29, 1.82) is 0 Å². The third-order valence-corrected chi connectivity index (χ3v) is 5.98. The molecule has 0 aromatic heterocycles. The number of anilines is 1. The van der Waals surface area contributed by atoms with Crippen LogP contribution in [0.25, 0.3) is 0 Å². The second kappa shape index (κ2) is 4.43. The molecule has 4 nitrogen and oxygen atoms in total. The molecule has 1 aromatic rings. The SMILES string of the molecule is Cc1cc(F)c(S(=O)(=O)NCC2(C3CC3)CC2)cc1N. The summed E-state index contributed by atoms with van der Waals surface area (Å²) >= 11 is 0. The molecule has 0 heterocycles. The van der Waals surface area contributed by atoms with Crippen molar-refractivity contribution in [3.8, 4) is 0 Å². The summed E-state index contributed by atoms with van der Waals surface area (Å²) < 4.78 is 40.9. The van der Waals surface area contributed by atoms with Gasteiger partial charge in [0.25, 0.3) is 0 Å². The molecule has 6 heteroatoms. The maximum atomic E-state index is 13.9.